The first kappa shape index (κ1) is 22.9. The van der Waals surface area contributed by atoms with Crippen LogP contribution in [0.15, 0.2) is 48.3 Å². The van der Waals surface area contributed by atoms with Crippen molar-refractivity contribution >= 4 is 0 Å². The molecule has 0 aromatic carbocycles. The lowest BCUT2D eigenvalue weighted by molar-refractivity contribution is 0.215. The highest BCUT2D eigenvalue weighted by Crippen LogP contribution is 2.33. The summed E-state index contributed by atoms with van der Waals surface area (Å²) in [6.07, 6.45) is 5.37. The molecule has 2 nitrogen and oxygen atoms in total. The Bertz CT molecular complexity index is 294. The Morgan fingerprint density at radius 1 is 1.00 bits per heavy atom. The van der Waals surface area contributed by atoms with E-state index in [9.17, 15) is 0 Å². The second kappa shape index (κ2) is 13.2. The average Bonchev–Trinajstić information content (AvgIpc) is 2.42. The van der Waals surface area contributed by atoms with Gasteiger partial charge in [-0.25, -0.2) is 0 Å². The standard InChI is InChI=1S/C13H21NO.2C2H6/c1-7-10(8-2)12(15-14)11(9-3)13(4,5)6;2*1-2/h7-9H,1-2,14H2,3-6H3;2*1-2H3/b11-9+;;. The van der Waals surface area contributed by atoms with Crippen molar-refractivity contribution in [2.45, 2.75) is 55.4 Å². The molecule has 0 bridgehead atoms. The van der Waals surface area contributed by atoms with Gasteiger partial charge in [0, 0.05) is 5.57 Å². The van der Waals surface area contributed by atoms with Gasteiger partial charge in [-0.2, -0.15) is 5.90 Å². The van der Waals surface area contributed by atoms with E-state index in [1.165, 1.54) is 0 Å². The zero-order valence-electron chi connectivity index (χ0n) is 14.1. The average molecular weight is 267 g/mol. The lowest BCUT2D eigenvalue weighted by atomic mass is 9.84. The molecule has 0 amide bonds. The summed E-state index contributed by atoms with van der Waals surface area (Å²) in [7, 11) is 0. The normalized spacial score (nSPS) is 10.1. The summed E-state index contributed by atoms with van der Waals surface area (Å²) in [5.41, 5.74) is 1.82. The van der Waals surface area contributed by atoms with E-state index in [-0.39, 0.29) is 5.41 Å². The third-order valence-corrected chi connectivity index (χ3v) is 2.16. The van der Waals surface area contributed by atoms with Gasteiger partial charge in [0.1, 0.15) is 0 Å². The molecule has 0 aliphatic carbocycles. The van der Waals surface area contributed by atoms with Crippen LogP contribution in [0.2, 0.25) is 0 Å². The van der Waals surface area contributed by atoms with Crippen LogP contribution in [0.3, 0.4) is 0 Å². The summed E-state index contributed by atoms with van der Waals surface area (Å²) in [6, 6.07) is 0. The minimum Gasteiger partial charge on any atom is -0.411 e. The van der Waals surface area contributed by atoms with E-state index in [1.807, 2.05) is 40.7 Å². The number of hydrogen-bond acceptors (Lipinski definition) is 2. The molecule has 0 aliphatic heterocycles. The van der Waals surface area contributed by atoms with Gasteiger partial charge in [-0.1, -0.05) is 79.9 Å². The van der Waals surface area contributed by atoms with Crippen LogP contribution in [0.25, 0.3) is 0 Å². The van der Waals surface area contributed by atoms with Gasteiger partial charge in [-0.15, -0.1) is 0 Å². The minimum atomic E-state index is -0.0271. The molecule has 2 N–H and O–H groups in total. The Morgan fingerprint density at radius 3 is 1.53 bits per heavy atom. The maximum atomic E-state index is 5.30. The molecule has 0 aromatic heterocycles. The fraction of sp³-hybridized carbons (Fsp3) is 0.529. The van der Waals surface area contributed by atoms with Crippen LogP contribution in [-0.2, 0) is 4.84 Å². The van der Waals surface area contributed by atoms with Crippen molar-refractivity contribution in [3.8, 4) is 0 Å². The van der Waals surface area contributed by atoms with Crippen molar-refractivity contribution in [1.82, 2.24) is 0 Å². The van der Waals surface area contributed by atoms with Crippen molar-refractivity contribution in [3.05, 3.63) is 48.3 Å². The summed E-state index contributed by atoms with van der Waals surface area (Å²) < 4.78 is 0. The fourth-order valence-corrected chi connectivity index (χ4v) is 1.46. The SMILES string of the molecule is C=CC(C=C)=C(ON)/C(=C\C)C(C)(C)C.CC.CC. The molecule has 0 heterocycles. The van der Waals surface area contributed by atoms with Crippen LogP contribution < -0.4 is 5.90 Å². The van der Waals surface area contributed by atoms with E-state index in [1.54, 1.807) is 12.2 Å². The van der Waals surface area contributed by atoms with Crippen molar-refractivity contribution in [2.75, 3.05) is 0 Å². The Hall–Kier alpha value is -1.28. The van der Waals surface area contributed by atoms with Crippen LogP contribution >= 0.6 is 0 Å². The maximum absolute atomic E-state index is 5.30. The third kappa shape index (κ3) is 8.44. The lowest BCUT2D eigenvalue weighted by Gasteiger charge is -2.24. The van der Waals surface area contributed by atoms with Gasteiger partial charge in [-0.3, -0.25) is 0 Å². The topological polar surface area (TPSA) is 35.2 Å². The maximum Gasteiger partial charge on any atom is 0.157 e. The molecular formula is C17H33NO. The van der Waals surface area contributed by atoms with Crippen molar-refractivity contribution < 1.29 is 4.84 Å². The Labute approximate surface area is 120 Å². The molecule has 0 saturated heterocycles. The van der Waals surface area contributed by atoms with Gasteiger partial charge >= 0.3 is 0 Å². The van der Waals surface area contributed by atoms with Crippen molar-refractivity contribution in [2.24, 2.45) is 11.3 Å². The summed E-state index contributed by atoms with van der Waals surface area (Å²) in [6.45, 7) is 23.7. The van der Waals surface area contributed by atoms with Gasteiger partial charge in [0.25, 0.3) is 0 Å². The highest BCUT2D eigenvalue weighted by atomic mass is 16.6. The Kier molecular flexibility index (Phi) is 15.8. The second-order valence-electron chi connectivity index (χ2n) is 4.26. The van der Waals surface area contributed by atoms with Crippen LogP contribution in [0.1, 0.15) is 55.4 Å². The zero-order valence-corrected chi connectivity index (χ0v) is 14.1. The molecule has 0 radical (unpaired) electrons. The van der Waals surface area contributed by atoms with E-state index < -0.39 is 0 Å². The number of rotatable bonds is 4. The predicted octanol–water partition coefficient (Wildman–Crippen LogP) is 5.55. The molecule has 0 atom stereocenters. The zero-order chi connectivity index (χ0) is 16.1. The molecule has 0 fully saturated rings. The summed E-state index contributed by atoms with van der Waals surface area (Å²) >= 11 is 0. The lowest BCUT2D eigenvalue weighted by Crippen LogP contribution is -2.16. The molecule has 112 valence electrons. The Balaban J connectivity index is -0.000000579. The number of hydrogen-bond donors (Lipinski definition) is 1. The van der Waals surface area contributed by atoms with Crippen LogP contribution in [0.5, 0.6) is 0 Å². The molecule has 0 unspecified atom stereocenters. The first-order valence-corrected chi connectivity index (χ1v) is 6.95. The van der Waals surface area contributed by atoms with Gasteiger partial charge in [0.15, 0.2) is 5.76 Å². The number of allylic oxidation sites excluding steroid dienone is 5. The van der Waals surface area contributed by atoms with Gasteiger partial charge in [0.05, 0.1) is 0 Å². The summed E-state index contributed by atoms with van der Waals surface area (Å²) in [5, 5.41) is 0. The minimum absolute atomic E-state index is 0.0271. The summed E-state index contributed by atoms with van der Waals surface area (Å²) in [5.74, 6) is 5.94. The highest BCUT2D eigenvalue weighted by molar-refractivity contribution is 5.43. The van der Waals surface area contributed by atoms with E-state index in [0.29, 0.717) is 5.76 Å². The largest absolute Gasteiger partial charge is 0.411 e. The molecule has 0 aliphatic rings. The van der Waals surface area contributed by atoms with E-state index in [2.05, 4.69) is 33.9 Å². The Morgan fingerprint density at radius 2 is 1.37 bits per heavy atom. The molecule has 0 aromatic rings. The second-order valence-corrected chi connectivity index (χ2v) is 4.26. The first-order chi connectivity index (χ1) is 8.92. The van der Waals surface area contributed by atoms with E-state index in [0.717, 1.165) is 11.1 Å². The quantitative estimate of drug-likeness (QED) is 0.412. The fourth-order valence-electron chi connectivity index (χ4n) is 1.46. The third-order valence-electron chi connectivity index (χ3n) is 2.16. The van der Waals surface area contributed by atoms with Crippen LogP contribution in [0.4, 0.5) is 0 Å². The van der Waals surface area contributed by atoms with Gasteiger partial charge in [-0.05, 0) is 17.9 Å². The van der Waals surface area contributed by atoms with Crippen molar-refractivity contribution in [1.29, 1.82) is 0 Å². The first-order valence-electron chi connectivity index (χ1n) is 6.95. The molecular weight excluding hydrogens is 234 g/mol. The monoisotopic (exact) mass is 267 g/mol. The molecule has 0 rings (SSSR count). The van der Waals surface area contributed by atoms with Crippen LogP contribution in [0, 0.1) is 5.41 Å². The van der Waals surface area contributed by atoms with Gasteiger partial charge in [0.2, 0.25) is 0 Å². The van der Waals surface area contributed by atoms with Crippen LogP contribution in [-0.4, -0.2) is 0 Å². The number of nitrogens with two attached hydrogens (primary N) is 1. The molecule has 19 heavy (non-hydrogen) atoms. The summed E-state index contributed by atoms with van der Waals surface area (Å²) in [4.78, 5) is 4.94. The van der Waals surface area contributed by atoms with E-state index in [4.69, 9.17) is 10.7 Å². The van der Waals surface area contributed by atoms with E-state index >= 15 is 0 Å². The van der Waals surface area contributed by atoms with Gasteiger partial charge < -0.3 is 4.84 Å². The smallest absolute Gasteiger partial charge is 0.157 e. The molecule has 0 spiro atoms. The van der Waals surface area contributed by atoms with Crippen molar-refractivity contribution in [3.63, 3.8) is 0 Å². The molecule has 2 heteroatoms. The molecule has 0 saturated carbocycles. The predicted molar refractivity (Wildman–Crippen MR) is 88.6 cm³/mol. The highest BCUT2D eigenvalue weighted by Gasteiger charge is 2.22.